The predicted molar refractivity (Wildman–Crippen MR) is 105 cm³/mol. The summed E-state index contributed by atoms with van der Waals surface area (Å²) in [6.07, 6.45) is 0. The van der Waals surface area contributed by atoms with E-state index in [1.807, 2.05) is 37.3 Å². The summed E-state index contributed by atoms with van der Waals surface area (Å²) in [5.41, 5.74) is 4.44. The average Bonchev–Trinajstić information content (AvgIpc) is 2.62. The standard InChI is InChI=1S/C22H24N2O/c1-15-11-12-19(13-16(15)2)24-22(25)14-23-17(3)20-10-6-8-18-7-4-5-9-21(18)20/h4-13,17,23H,14H2,1-3H3,(H,24,25)/t17-/m0/s1. The monoisotopic (exact) mass is 332 g/mol. The van der Waals surface area contributed by atoms with E-state index >= 15 is 0 Å². The lowest BCUT2D eigenvalue weighted by atomic mass is 10.00. The maximum absolute atomic E-state index is 12.2. The van der Waals surface area contributed by atoms with Crippen molar-refractivity contribution in [2.75, 3.05) is 11.9 Å². The van der Waals surface area contributed by atoms with Crippen molar-refractivity contribution in [1.29, 1.82) is 0 Å². The van der Waals surface area contributed by atoms with E-state index < -0.39 is 0 Å². The second-order valence-corrected chi connectivity index (χ2v) is 6.52. The summed E-state index contributed by atoms with van der Waals surface area (Å²) in [6.45, 7) is 6.47. The Morgan fingerprint density at radius 1 is 0.960 bits per heavy atom. The number of amides is 1. The zero-order valence-corrected chi connectivity index (χ0v) is 15.0. The molecular formula is C22H24N2O. The van der Waals surface area contributed by atoms with Gasteiger partial charge in [0.15, 0.2) is 0 Å². The number of nitrogens with one attached hydrogen (secondary N) is 2. The number of carbonyl (C=O) groups excluding carboxylic acids is 1. The average molecular weight is 332 g/mol. The van der Waals surface area contributed by atoms with Crippen molar-refractivity contribution >= 4 is 22.4 Å². The van der Waals surface area contributed by atoms with Gasteiger partial charge in [-0.2, -0.15) is 0 Å². The fourth-order valence-corrected chi connectivity index (χ4v) is 3.01. The molecule has 128 valence electrons. The maximum Gasteiger partial charge on any atom is 0.238 e. The van der Waals surface area contributed by atoms with Gasteiger partial charge in [0.1, 0.15) is 0 Å². The van der Waals surface area contributed by atoms with Gasteiger partial charge in [-0.3, -0.25) is 4.79 Å². The van der Waals surface area contributed by atoms with Gasteiger partial charge in [0.05, 0.1) is 6.54 Å². The molecule has 3 nitrogen and oxygen atoms in total. The summed E-state index contributed by atoms with van der Waals surface area (Å²) >= 11 is 0. The molecule has 3 aromatic rings. The van der Waals surface area contributed by atoms with Crippen LogP contribution in [0.1, 0.15) is 29.7 Å². The summed E-state index contributed by atoms with van der Waals surface area (Å²) in [6, 6.07) is 20.7. The largest absolute Gasteiger partial charge is 0.325 e. The van der Waals surface area contributed by atoms with Crippen LogP contribution in [-0.2, 0) is 4.79 Å². The van der Waals surface area contributed by atoms with Crippen LogP contribution >= 0.6 is 0 Å². The predicted octanol–water partition coefficient (Wildman–Crippen LogP) is 4.75. The first-order valence-electron chi connectivity index (χ1n) is 8.63. The lowest BCUT2D eigenvalue weighted by Crippen LogP contribution is -2.30. The third-order valence-electron chi connectivity index (χ3n) is 4.65. The highest BCUT2D eigenvalue weighted by Gasteiger charge is 2.11. The zero-order chi connectivity index (χ0) is 17.8. The van der Waals surface area contributed by atoms with Crippen LogP contribution < -0.4 is 10.6 Å². The first kappa shape index (κ1) is 17.2. The Bertz CT molecular complexity index is 896. The summed E-state index contributed by atoms with van der Waals surface area (Å²) in [5, 5.41) is 8.72. The second-order valence-electron chi connectivity index (χ2n) is 6.52. The van der Waals surface area contributed by atoms with E-state index in [9.17, 15) is 4.79 Å². The zero-order valence-electron chi connectivity index (χ0n) is 15.0. The first-order chi connectivity index (χ1) is 12.0. The van der Waals surface area contributed by atoms with Crippen molar-refractivity contribution in [2.45, 2.75) is 26.8 Å². The number of benzene rings is 3. The molecule has 0 aliphatic carbocycles. The molecular weight excluding hydrogens is 308 g/mol. The smallest absolute Gasteiger partial charge is 0.238 e. The molecule has 3 aromatic carbocycles. The highest BCUT2D eigenvalue weighted by atomic mass is 16.1. The molecule has 0 radical (unpaired) electrons. The maximum atomic E-state index is 12.2. The van der Waals surface area contributed by atoms with E-state index in [0.717, 1.165) is 5.69 Å². The number of fused-ring (bicyclic) bond motifs is 1. The topological polar surface area (TPSA) is 41.1 Å². The molecule has 0 saturated heterocycles. The van der Waals surface area contributed by atoms with Crippen molar-refractivity contribution in [3.8, 4) is 0 Å². The van der Waals surface area contributed by atoms with Crippen LogP contribution in [0.2, 0.25) is 0 Å². The highest BCUT2D eigenvalue weighted by molar-refractivity contribution is 5.92. The van der Waals surface area contributed by atoms with Crippen molar-refractivity contribution in [2.24, 2.45) is 0 Å². The summed E-state index contributed by atoms with van der Waals surface area (Å²) in [4.78, 5) is 12.2. The molecule has 3 heteroatoms. The van der Waals surface area contributed by atoms with Gasteiger partial charge in [-0.15, -0.1) is 0 Å². The molecule has 3 rings (SSSR count). The number of rotatable bonds is 5. The van der Waals surface area contributed by atoms with Gasteiger partial charge < -0.3 is 10.6 Å². The van der Waals surface area contributed by atoms with Crippen LogP contribution in [0.4, 0.5) is 5.69 Å². The van der Waals surface area contributed by atoms with Gasteiger partial charge in [0.2, 0.25) is 5.91 Å². The van der Waals surface area contributed by atoms with Gasteiger partial charge in [-0.25, -0.2) is 0 Å². The van der Waals surface area contributed by atoms with Crippen LogP contribution in [0.5, 0.6) is 0 Å². The van der Waals surface area contributed by atoms with Gasteiger partial charge in [0.25, 0.3) is 0 Å². The van der Waals surface area contributed by atoms with Crippen molar-refractivity contribution in [3.63, 3.8) is 0 Å². The normalized spacial score (nSPS) is 12.1. The molecule has 0 aromatic heterocycles. The SMILES string of the molecule is Cc1ccc(NC(=O)CN[C@@H](C)c2cccc3ccccc23)cc1C. The first-order valence-corrected chi connectivity index (χ1v) is 8.63. The fourth-order valence-electron chi connectivity index (χ4n) is 3.01. The molecule has 0 unspecified atom stereocenters. The Morgan fingerprint density at radius 3 is 2.52 bits per heavy atom. The lowest BCUT2D eigenvalue weighted by Gasteiger charge is -2.16. The summed E-state index contributed by atoms with van der Waals surface area (Å²) in [7, 11) is 0. The molecule has 2 N–H and O–H groups in total. The lowest BCUT2D eigenvalue weighted by molar-refractivity contribution is -0.115. The molecule has 0 bridgehead atoms. The van der Waals surface area contributed by atoms with E-state index in [1.54, 1.807) is 0 Å². The van der Waals surface area contributed by atoms with Crippen LogP contribution in [0.15, 0.2) is 60.7 Å². The van der Waals surface area contributed by atoms with Crippen LogP contribution in [0.25, 0.3) is 10.8 Å². The van der Waals surface area contributed by atoms with Gasteiger partial charge >= 0.3 is 0 Å². The Balaban J connectivity index is 1.64. The second kappa shape index (κ2) is 7.49. The molecule has 0 aliphatic heterocycles. The van der Waals surface area contributed by atoms with Crippen LogP contribution in [0.3, 0.4) is 0 Å². The third-order valence-corrected chi connectivity index (χ3v) is 4.65. The molecule has 0 heterocycles. The van der Waals surface area contributed by atoms with Crippen molar-refractivity contribution < 1.29 is 4.79 Å². The molecule has 0 spiro atoms. The Kier molecular flexibility index (Phi) is 5.15. The number of aryl methyl sites for hydroxylation is 2. The Hall–Kier alpha value is -2.65. The minimum Gasteiger partial charge on any atom is -0.325 e. The van der Waals surface area contributed by atoms with E-state index in [0.29, 0.717) is 0 Å². The van der Waals surface area contributed by atoms with Crippen LogP contribution in [0, 0.1) is 13.8 Å². The van der Waals surface area contributed by atoms with Crippen molar-refractivity contribution in [1.82, 2.24) is 5.32 Å². The van der Waals surface area contributed by atoms with Crippen LogP contribution in [-0.4, -0.2) is 12.5 Å². The van der Waals surface area contributed by atoms with Gasteiger partial charge in [0, 0.05) is 11.7 Å². The molecule has 1 atom stereocenters. The summed E-state index contributed by atoms with van der Waals surface area (Å²) in [5.74, 6) is -0.0321. The number of hydrogen-bond donors (Lipinski definition) is 2. The number of hydrogen-bond acceptors (Lipinski definition) is 2. The molecule has 0 fully saturated rings. The summed E-state index contributed by atoms with van der Waals surface area (Å²) < 4.78 is 0. The Morgan fingerprint density at radius 2 is 1.72 bits per heavy atom. The van der Waals surface area contributed by atoms with E-state index in [-0.39, 0.29) is 18.5 Å². The van der Waals surface area contributed by atoms with E-state index in [2.05, 4.69) is 54.8 Å². The molecule has 0 saturated carbocycles. The minimum absolute atomic E-state index is 0.0321. The van der Waals surface area contributed by atoms with Crippen molar-refractivity contribution in [3.05, 3.63) is 77.4 Å². The number of anilines is 1. The molecule has 1 amide bonds. The van der Waals surface area contributed by atoms with Gasteiger partial charge in [-0.05, 0) is 60.4 Å². The molecule has 0 aliphatic rings. The quantitative estimate of drug-likeness (QED) is 0.708. The van der Waals surface area contributed by atoms with E-state index in [1.165, 1.54) is 27.5 Å². The van der Waals surface area contributed by atoms with E-state index in [4.69, 9.17) is 0 Å². The minimum atomic E-state index is -0.0321. The highest BCUT2D eigenvalue weighted by Crippen LogP contribution is 2.23. The Labute approximate surface area is 149 Å². The third kappa shape index (κ3) is 4.06. The molecule has 25 heavy (non-hydrogen) atoms. The number of carbonyl (C=O) groups is 1. The van der Waals surface area contributed by atoms with Gasteiger partial charge in [-0.1, -0.05) is 48.5 Å². The fraction of sp³-hybridized carbons (Fsp3) is 0.227.